The van der Waals surface area contributed by atoms with Crippen LogP contribution in [0.2, 0.25) is 0 Å². The van der Waals surface area contributed by atoms with Gasteiger partial charge < -0.3 is 0 Å². The van der Waals surface area contributed by atoms with Crippen LogP contribution in [0, 0.1) is 6.57 Å². The van der Waals surface area contributed by atoms with Gasteiger partial charge in [-0.15, -0.1) is 5.10 Å². The molecule has 4 heterocycles. The Balaban J connectivity index is 1.44. The summed E-state index contributed by atoms with van der Waals surface area (Å²) < 4.78 is 1.75. The van der Waals surface area contributed by atoms with E-state index in [9.17, 15) is 0 Å². The van der Waals surface area contributed by atoms with Crippen LogP contribution < -0.4 is 0 Å². The van der Waals surface area contributed by atoms with Gasteiger partial charge in [0.2, 0.25) is 11.3 Å². The van der Waals surface area contributed by atoms with E-state index in [-0.39, 0.29) is 0 Å². The van der Waals surface area contributed by atoms with Crippen molar-refractivity contribution in [1.29, 1.82) is 0 Å². The molecule has 0 aliphatic rings. The van der Waals surface area contributed by atoms with Crippen molar-refractivity contribution in [2.45, 2.75) is 13.0 Å². The first kappa shape index (κ1) is 16.9. The Morgan fingerprint density at radius 3 is 2.79 bits per heavy atom. The maximum Gasteiger partial charge on any atom is 0.221 e. The number of benzene rings is 1. The van der Waals surface area contributed by atoms with Crippen molar-refractivity contribution >= 4 is 27.9 Å². The number of rotatable bonds is 4. The molecule has 0 bridgehead atoms. The van der Waals surface area contributed by atoms with E-state index in [1.54, 1.807) is 29.3 Å². The normalized spacial score (nSPS) is 11.0. The highest BCUT2D eigenvalue weighted by Gasteiger charge is 2.10. The number of pyridine rings is 2. The second-order valence-electron chi connectivity index (χ2n) is 6.58. The third-order valence-corrected chi connectivity index (χ3v) is 4.58. The predicted octanol–water partition coefficient (Wildman–Crippen LogP) is 3.35. The Morgan fingerprint density at radius 1 is 0.966 bits per heavy atom. The van der Waals surface area contributed by atoms with Crippen molar-refractivity contribution < 1.29 is 0 Å². The van der Waals surface area contributed by atoms with Crippen LogP contribution >= 0.6 is 0 Å². The Bertz CT molecular complexity index is 1370. The molecule has 0 N–H and O–H groups in total. The topological polar surface area (TPSA) is 86.6 Å². The van der Waals surface area contributed by atoms with Gasteiger partial charge in [0.25, 0.3) is 0 Å². The van der Waals surface area contributed by atoms with Gasteiger partial charge in [-0.05, 0) is 23.8 Å². The molecule has 0 atom stereocenters. The highest BCUT2D eigenvalue weighted by Crippen LogP contribution is 2.16. The van der Waals surface area contributed by atoms with Crippen LogP contribution in [-0.2, 0) is 13.0 Å². The number of aromatic nitrogens is 7. The van der Waals surface area contributed by atoms with E-state index in [4.69, 9.17) is 11.6 Å². The van der Waals surface area contributed by atoms with Crippen molar-refractivity contribution in [2.75, 3.05) is 0 Å². The molecular weight excluding hydrogens is 364 g/mol. The third kappa shape index (κ3) is 3.37. The van der Waals surface area contributed by atoms with Crippen LogP contribution in [0.1, 0.15) is 17.0 Å². The molecule has 5 rings (SSSR count). The summed E-state index contributed by atoms with van der Waals surface area (Å²) in [5, 5.41) is 9.42. The monoisotopic (exact) mass is 378 g/mol. The summed E-state index contributed by atoms with van der Waals surface area (Å²) in [5.74, 6) is 0. The summed E-state index contributed by atoms with van der Waals surface area (Å²) >= 11 is 0. The van der Waals surface area contributed by atoms with E-state index >= 15 is 0 Å². The fourth-order valence-electron chi connectivity index (χ4n) is 3.15. The lowest BCUT2D eigenvalue weighted by Crippen LogP contribution is -2.05. The van der Waals surface area contributed by atoms with Gasteiger partial charge in [0.15, 0.2) is 5.65 Å². The zero-order valence-corrected chi connectivity index (χ0v) is 15.3. The van der Waals surface area contributed by atoms with Crippen molar-refractivity contribution in [3.63, 3.8) is 0 Å². The van der Waals surface area contributed by atoms with E-state index in [1.165, 1.54) is 0 Å². The minimum absolute atomic E-state index is 0.507. The number of hydrogen-bond acceptors (Lipinski definition) is 6. The minimum atomic E-state index is 0.507. The van der Waals surface area contributed by atoms with Gasteiger partial charge >= 0.3 is 0 Å². The van der Waals surface area contributed by atoms with Crippen molar-refractivity contribution in [1.82, 2.24) is 34.9 Å². The first-order valence-corrected chi connectivity index (χ1v) is 9.00. The molecule has 0 saturated heterocycles. The average molecular weight is 378 g/mol. The predicted molar refractivity (Wildman–Crippen MR) is 107 cm³/mol. The SMILES string of the molecule is [C-]#[N+]c1ccc(Cc2cnc3nnn(Cc4ccc5ncccc5c4)c3n2)nc1. The van der Waals surface area contributed by atoms with Crippen LogP contribution in [0.5, 0.6) is 0 Å². The third-order valence-electron chi connectivity index (χ3n) is 4.58. The molecule has 0 aliphatic heterocycles. The van der Waals surface area contributed by atoms with Crippen LogP contribution in [-0.4, -0.2) is 34.9 Å². The molecule has 0 aliphatic carbocycles. The van der Waals surface area contributed by atoms with Gasteiger partial charge in [0.1, 0.15) is 0 Å². The fourth-order valence-corrected chi connectivity index (χ4v) is 3.15. The molecule has 8 heteroatoms. The molecule has 29 heavy (non-hydrogen) atoms. The Morgan fingerprint density at radius 2 is 1.93 bits per heavy atom. The molecule has 0 fully saturated rings. The minimum Gasteiger partial charge on any atom is -0.272 e. The van der Waals surface area contributed by atoms with Gasteiger partial charge in [-0.3, -0.25) is 9.97 Å². The first-order valence-electron chi connectivity index (χ1n) is 9.00. The quantitative estimate of drug-likeness (QED) is 0.446. The largest absolute Gasteiger partial charge is 0.272 e. The van der Waals surface area contributed by atoms with Crippen LogP contribution in [0.3, 0.4) is 0 Å². The zero-order chi connectivity index (χ0) is 19.6. The maximum atomic E-state index is 7.01. The number of fused-ring (bicyclic) bond motifs is 2. The van der Waals surface area contributed by atoms with Gasteiger partial charge in [0.05, 0.1) is 30.5 Å². The van der Waals surface area contributed by atoms with Crippen molar-refractivity contribution in [3.8, 4) is 0 Å². The van der Waals surface area contributed by atoms with E-state index in [0.717, 1.165) is 27.9 Å². The lowest BCUT2D eigenvalue weighted by atomic mass is 10.1. The van der Waals surface area contributed by atoms with Gasteiger partial charge in [-0.25, -0.2) is 19.5 Å². The highest BCUT2D eigenvalue weighted by molar-refractivity contribution is 5.79. The highest BCUT2D eigenvalue weighted by atomic mass is 15.4. The molecule has 5 aromatic rings. The molecule has 138 valence electrons. The molecule has 0 amide bonds. The molecule has 0 unspecified atom stereocenters. The summed E-state index contributed by atoms with van der Waals surface area (Å²) in [4.78, 5) is 21.1. The summed E-state index contributed by atoms with van der Waals surface area (Å²) in [6, 6.07) is 13.7. The Hall–Kier alpha value is -4.25. The average Bonchev–Trinajstić information content (AvgIpc) is 3.16. The molecule has 0 radical (unpaired) electrons. The Kier molecular flexibility index (Phi) is 4.11. The van der Waals surface area contributed by atoms with Gasteiger partial charge in [-0.1, -0.05) is 29.5 Å². The second kappa shape index (κ2) is 7.05. The fraction of sp³-hybridized carbons (Fsp3) is 0.0952. The Labute approximate surface area is 165 Å². The van der Waals surface area contributed by atoms with Crippen molar-refractivity contribution in [3.05, 3.63) is 89.4 Å². The second-order valence-corrected chi connectivity index (χ2v) is 6.58. The van der Waals surface area contributed by atoms with Gasteiger partial charge in [-0.2, -0.15) is 0 Å². The molecular formula is C21H14N8. The number of hydrogen-bond donors (Lipinski definition) is 0. The maximum absolute atomic E-state index is 7.01. The van der Waals surface area contributed by atoms with E-state index in [1.807, 2.05) is 30.3 Å². The number of nitrogens with zero attached hydrogens (tertiary/aromatic N) is 8. The van der Waals surface area contributed by atoms with E-state index < -0.39 is 0 Å². The van der Waals surface area contributed by atoms with Crippen LogP contribution in [0.4, 0.5) is 5.69 Å². The van der Waals surface area contributed by atoms with E-state index in [0.29, 0.717) is 29.9 Å². The molecule has 0 spiro atoms. The summed E-state index contributed by atoms with van der Waals surface area (Å²) in [5.41, 5.74) is 5.29. The molecule has 1 aromatic carbocycles. The molecule has 4 aromatic heterocycles. The molecule has 8 nitrogen and oxygen atoms in total. The van der Waals surface area contributed by atoms with Crippen LogP contribution in [0.15, 0.2) is 61.1 Å². The smallest absolute Gasteiger partial charge is 0.221 e. The lowest BCUT2D eigenvalue weighted by molar-refractivity contribution is 0.663. The van der Waals surface area contributed by atoms with Crippen molar-refractivity contribution in [2.24, 2.45) is 0 Å². The van der Waals surface area contributed by atoms with E-state index in [2.05, 4.69) is 36.2 Å². The first-order chi connectivity index (χ1) is 14.3. The van der Waals surface area contributed by atoms with Crippen LogP contribution in [0.25, 0.3) is 27.0 Å². The summed E-state index contributed by atoms with van der Waals surface area (Å²) in [6.45, 7) is 7.55. The summed E-state index contributed by atoms with van der Waals surface area (Å²) in [6.07, 6.45) is 5.56. The lowest BCUT2D eigenvalue weighted by Gasteiger charge is -2.05. The standard InChI is InChI=1S/C21H14N8/c1-22-17-6-5-16(24-11-17)10-18-12-25-20-21(26-18)29(28-27-20)13-14-4-7-19-15(9-14)3-2-8-23-19/h2-9,11-12H,10,13H2. The zero-order valence-electron chi connectivity index (χ0n) is 15.3. The summed E-state index contributed by atoms with van der Waals surface area (Å²) in [7, 11) is 0. The molecule has 0 saturated carbocycles. The van der Waals surface area contributed by atoms with Gasteiger partial charge in [0, 0.05) is 29.9 Å².